The third-order valence-electron chi connectivity index (χ3n) is 3.64. The summed E-state index contributed by atoms with van der Waals surface area (Å²) in [6.45, 7) is 0.217. The van der Waals surface area contributed by atoms with Gasteiger partial charge in [0.1, 0.15) is 6.33 Å². The Morgan fingerprint density at radius 1 is 1.12 bits per heavy atom. The zero-order valence-electron chi connectivity index (χ0n) is 13.6. The molecule has 1 amide bonds. The third-order valence-corrected chi connectivity index (χ3v) is 3.64. The Bertz CT molecular complexity index is 885. The van der Waals surface area contributed by atoms with Crippen LogP contribution >= 0.6 is 0 Å². The first-order chi connectivity index (χ1) is 12.2. The van der Waals surface area contributed by atoms with Gasteiger partial charge in [0.2, 0.25) is 0 Å². The molecule has 3 aromatic rings. The highest BCUT2D eigenvalue weighted by molar-refractivity contribution is 5.94. The van der Waals surface area contributed by atoms with Crippen LogP contribution in [0.2, 0.25) is 0 Å². The van der Waals surface area contributed by atoms with Gasteiger partial charge in [0, 0.05) is 11.1 Å². The summed E-state index contributed by atoms with van der Waals surface area (Å²) in [5, 5.41) is 2.72. The maximum Gasteiger partial charge on any atom is 0.251 e. The molecule has 0 radical (unpaired) electrons. The Balaban J connectivity index is 1.69. The molecule has 2 aromatic carbocycles. The minimum Gasteiger partial charge on any atom is -0.494 e. The van der Waals surface area contributed by atoms with Crippen LogP contribution in [0.25, 0.3) is 11.3 Å². The lowest BCUT2D eigenvalue weighted by molar-refractivity contribution is 0.0950. The van der Waals surface area contributed by atoms with E-state index in [0.717, 1.165) is 17.3 Å². The fourth-order valence-corrected chi connectivity index (χ4v) is 2.34. The summed E-state index contributed by atoms with van der Waals surface area (Å²) < 4.78 is 18.5. The van der Waals surface area contributed by atoms with Gasteiger partial charge in [-0.05, 0) is 24.3 Å². The largest absolute Gasteiger partial charge is 0.494 e. The summed E-state index contributed by atoms with van der Waals surface area (Å²) in [4.78, 5) is 20.6. The van der Waals surface area contributed by atoms with Crippen molar-refractivity contribution in [1.82, 2.24) is 15.3 Å². The number of rotatable bonds is 5. The summed E-state index contributed by atoms with van der Waals surface area (Å²) in [6.07, 6.45) is 1.46. The van der Waals surface area contributed by atoms with Crippen LogP contribution in [0.1, 0.15) is 16.1 Å². The SMILES string of the molecule is COc1ccc(C(=O)NCc2cc(-c3ccccc3)ncn2)cc1F. The Morgan fingerprint density at radius 3 is 2.64 bits per heavy atom. The maximum atomic E-state index is 13.7. The predicted molar refractivity (Wildman–Crippen MR) is 91.6 cm³/mol. The fraction of sp³-hybridized carbons (Fsp3) is 0.105. The van der Waals surface area contributed by atoms with Gasteiger partial charge in [0.25, 0.3) is 5.91 Å². The molecule has 126 valence electrons. The van der Waals surface area contributed by atoms with Crippen molar-refractivity contribution in [1.29, 1.82) is 0 Å². The van der Waals surface area contributed by atoms with E-state index in [9.17, 15) is 9.18 Å². The molecule has 5 nitrogen and oxygen atoms in total. The molecule has 1 heterocycles. The molecule has 1 aromatic heterocycles. The molecule has 0 unspecified atom stereocenters. The molecule has 25 heavy (non-hydrogen) atoms. The highest BCUT2D eigenvalue weighted by Gasteiger charge is 2.10. The molecule has 0 saturated carbocycles. The molecular formula is C19H16FN3O2. The van der Waals surface area contributed by atoms with Crippen LogP contribution in [-0.2, 0) is 6.54 Å². The second kappa shape index (κ2) is 7.53. The Hall–Kier alpha value is -3.28. The highest BCUT2D eigenvalue weighted by atomic mass is 19.1. The summed E-state index contributed by atoms with van der Waals surface area (Å²) in [5.41, 5.74) is 2.62. The number of hydrogen-bond acceptors (Lipinski definition) is 4. The fourth-order valence-electron chi connectivity index (χ4n) is 2.34. The molecule has 3 rings (SSSR count). The number of halogens is 1. The first-order valence-corrected chi connectivity index (χ1v) is 7.65. The van der Waals surface area contributed by atoms with E-state index < -0.39 is 5.82 Å². The molecule has 1 N–H and O–H groups in total. The second-order valence-corrected chi connectivity index (χ2v) is 5.29. The number of nitrogens with one attached hydrogen (secondary N) is 1. The van der Waals surface area contributed by atoms with Gasteiger partial charge in [-0.1, -0.05) is 30.3 Å². The zero-order chi connectivity index (χ0) is 17.6. The molecule has 0 saturated heterocycles. The van der Waals surface area contributed by atoms with E-state index in [0.29, 0.717) is 5.69 Å². The number of hydrogen-bond donors (Lipinski definition) is 1. The normalized spacial score (nSPS) is 10.3. The summed E-state index contributed by atoms with van der Waals surface area (Å²) in [6, 6.07) is 15.6. The van der Waals surface area contributed by atoms with Gasteiger partial charge < -0.3 is 10.1 Å². The van der Waals surface area contributed by atoms with Crippen molar-refractivity contribution in [2.45, 2.75) is 6.54 Å². The van der Waals surface area contributed by atoms with Crippen LogP contribution in [0.4, 0.5) is 4.39 Å². The van der Waals surface area contributed by atoms with E-state index in [4.69, 9.17) is 4.74 Å². The van der Waals surface area contributed by atoms with Crippen molar-refractivity contribution >= 4 is 5.91 Å². The molecule has 0 atom stereocenters. The summed E-state index contributed by atoms with van der Waals surface area (Å²) >= 11 is 0. The molecule has 0 aliphatic heterocycles. The van der Waals surface area contributed by atoms with Gasteiger partial charge in [0.05, 0.1) is 25.0 Å². The number of amides is 1. The number of carbonyl (C=O) groups is 1. The van der Waals surface area contributed by atoms with Crippen molar-refractivity contribution < 1.29 is 13.9 Å². The van der Waals surface area contributed by atoms with E-state index in [2.05, 4.69) is 15.3 Å². The van der Waals surface area contributed by atoms with Crippen molar-refractivity contribution in [2.24, 2.45) is 0 Å². The number of ether oxygens (including phenoxy) is 1. The average molecular weight is 337 g/mol. The van der Waals surface area contributed by atoms with Crippen molar-refractivity contribution in [3.63, 3.8) is 0 Å². The number of benzene rings is 2. The molecule has 0 aliphatic rings. The van der Waals surface area contributed by atoms with Crippen LogP contribution < -0.4 is 10.1 Å². The Kier molecular flexibility index (Phi) is 4.99. The van der Waals surface area contributed by atoms with Crippen molar-refractivity contribution in [3.8, 4) is 17.0 Å². The monoisotopic (exact) mass is 337 g/mol. The number of carbonyl (C=O) groups excluding carboxylic acids is 1. The van der Waals surface area contributed by atoms with Gasteiger partial charge in [-0.25, -0.2) is 14.4 Å². The average Bonchev–Trinajstić information content (AvgIpc) is 2.67. The standard InChI is InChI=1S/C19H16FN3O2/c1-25-18-8-7-14(9-16(18)20)19(24)21-11-15-10-17(23-12-22-15)13-5-3-2-4-6-13/h2-10,12H,11H2,1H3,(H,21,24). The second-order valence-electron chi connectivity index (χ2n) is 5.29. The lowest BCUT2D eigenvalue weighted by Crippen LogP contribution is -2.23. The zero-order valence-corrected chi connectivity index (χ0v) is 13.6. The molecule has 0 bridgehead atoms. The van der Waals surface area contributed by atoms with Crippen LogP contribution in [0.3, 0.4) is 0 Å². The molecule has 6 heteroatoms. The Morgan fingerprint density at radius 2 is 1.92 bits per heavy atom. The molecule has 0 fully saturated rings. The van der Waals surface area contributed by atoms with Gasteiger partial charge in [-0.15, -0.1) is 0 Å². The maximum absolute atomic E-state index is 13.7. The summed E-state index contributed by atoms with van der Waals surface area (Å²) in [5.74, 6) is -0.871. The van der Waals surface area contributed by atoms with E-state index in [1.807, 2.05) is 36.4 Å². The van der Waals surface area contributed by atoms with E-state index >= 15 is 0 Å². The smallest absolute Gasteiger partial charge is 0.251 e. The van der Waals surface area contributed by atoms with Crippen LogP contribution in [0.5, 0.6) is 5.75 Å². The Labute approximate surface area is 144 Å². The van der Waals surface area contributed by atoms with E-state index in [-0.39, 0.29) is 23.8 Å². The first-order valence-electron chi connectivity index (χ1n) is 7.65. The minimum atomic E-state index is -0.580. The van der Waals surface area contributed by atoms with Crippen LogP contribution in [-0.4, -0.2) is 23.0 Å². The van der Waals surface area contributed by atoms with Gasteiger partial charge in [-0.2, -0.15) is 0 Å². The minimum absolute atomic E-state index is 0.0971. The van der Waals surface area contributed by atoms with Crippen molar-refractivity contribution in [3.05, 3.63) is 78.0 Å². The van der Waals surface area contributed by atoms with Gasteiger partial charge in [-0.3, -0.25) is 4.79 Å². The quantitative estimate of drug-likeness (QED) is 0.776. The van der Waals surface area contributed by atoms with Gasteiger partial charge >= 0.3 is 0 Å². The van der Waals surface area contributed by atoms with E-state index in [1.54, 1.807) is 0 Å². The first kappa shape index (κ1) is 16.6. The van der Waals surface area contributed by atoms with Crippen LogP contribution in [0.15, 0.2) is 60.9 Å². The summed E-state index contributed by atoms with van der Waals surface area (Å²) in [7, 11) is 1.37. The molecule has 0 aliphatic carbocycles. The lowest BCUT2D eigenvalue weighted by atomic mass is 10.1. The van der Waals surface area contributed by atoms with E-state index in [1.165, 1.54) is 25.6 Å². The predicted octanol–water partition coefficient (Wildman–Crippen LogP) is 3.22. The van der Waals surface area contributed by atoms with Crippen LogP contribution in [0, 0.1) is 5.82 Å². The van der Waals surface area contributed by atoms with Crippen molar-refractivity contribution in [2.75, 3.05) is 7.11 Å². The highest BCUT2D eigenvalue weighted by Crippen LogP contribution is 2.18. The van der Waals surface area contributed by atoms with Gasteiger partial charge in [0.15, 0.2) is 11.6 Å². The number of aromatic nitrogens is 2. The topological polar surface area (TPSA) is 64.1 Å². The lowest BCUT2D eigenvalue weighted by Gasteiger charge is -2.08. The number of nitrogens with zero attached hydrogens (tertiary/aromatic N) is 2. The molecular weight excluding hydrogens is 321 g/mol. The molecule has 0 spiro atoms. The third kappa shape index (κ3) is 3.98. The number of methoxy groups -OCH3 is 1.